The van der Waals surface area contributed by atoms with Crippen molar-refractivity contribution in [2.75, 3.05) is 7.05 Å². The molecule has 1 amide bonds. The third-order valence-corrected chi connectivity index (χ3v) is 8.23. The van der Waals surface area contributed by atoms with Crippen LogP contribution in [0.25, 0.3) is 0 Å². The van der Waals surface area contributed by atoms with Gasteiger partial charge in [0.1, 0.15) is 11.7 Å². The fourth-order valence-corrected chi connectivity index (χ4v) is 6.55. The Labute approximate surface area is 190 Å². The summed E-state index contributed by atoms with van der Waals surface area (Å²) in [5.41, 5.74) is -2.37. The molecule has 2 aliphatic carbocycles. The van der Waals surface area contributed by atoms with Crippen LogP contribution in [-0.4, -0.2) is 46.9 Å². The molecule has 4 unspecified atom stereocenters. The molecule has 8 heteroatoms. The molecular formula is C23H29NO5S2. The molecule has 1 N–H and O–H groups in total. The maximum atomic E-state index is 13.4. The first-order valence-electron chi connectivity index (χ1n) is 10.6. The zero-order valence-corrected chi connectivity index (χ0v) is 19.9. The molecule has 0 spiro atoms. The van der Waals surface area contributed by atoms with Gasteiger partial charge in [-0.1, -0.05) is 12.1 Å². The summed E-state index contributed by atoms with van der Waals surface area (Å²) >= 11 is 2.67. The van der Waals surface area contributed by atoms with Crippen molar-refractivity contribution in [3.05, 3.63) is 44.8 Å². The largest absolute Gasteiger partial charge is 0.459 e. The summed E-state index contributed by atoms with van der Waals surface area (Å²) in [6.07, 6.45) is 1.95. The number of aliphatic hydroxyl groups is 1. The number of thiophene rings is 2. The molecule has 0 aromatic carbocycles. The van der Waals surface area contributed by atoms with Crippen LogP contribution in [0, 0.1) is 11.8 Å². The highest BCUT2D eigenvalue weighted by Crippen LogP contribution is 2.49. The molecule has 2 aromatic rings. The maximum Gasteiger partial charge on any atom is 0.410 e. The zero-order chi connectivity index (χ0) is 22.4. The molecule has 0 aliphatic heterocycles. The van der Waals surface area contributed by atoms with E-state index in [1.54, 1.807) is 24.1 Å². The van der Waals surface area contributed by atoms with Crippen LogP contribution in [0.5, 0.6) is 0 Å². The highest BCUT2D eigenvalue weighted by Gasteiger charge is 2.55. The second-order valence-electron chi connectivity index (χ2n) is 9.43. The van der Waals surface area contributed by atoms with Crippen molar-refractivity contribution in [1.29, 1.82) is 0 Å². The minimum atomic E-state index is -1.81. The van der Waals surface area contributed by atoms with Crippen molar-refractivity contribution in [2.24, 2.45) is 11.8 Å². The summed E-state index contributed by atoms with van der Waals surface area (Å²) in [7, 11) is 1.76. The Bertz CT molecular complexity index is 884. The van der Waals surface area contributed by atoms with Gasteiger partial charge in [0.2, 0.25) is 5.60 Å². The Morgan fingerprint density at radius 3 is 2.23 bits per heavy atom. The average molecular weight is 464 g/mol. The van der Waals surface area contributed by atoms with Gasteiger partial charge in [0.15, 0.2) is 0 Å². The standard InChI is InChI=1S/C23H29NO5S2/c1-22(2,3)29-21(26)24(4)16-13-14-9-10-15(16)19(14)28-20(25)23(27,17-7-5-11-30-17)18-8-6-12-31-18/h5-8,11-12,14-16,19,27H,9-10,13H2,1-4H3. The van der Waals surface area contributed by atoms with Gasteiger partial charge in [0.25, 0.3) is 0 Å². The molecule has 2 saturated carbocycles. The van der Waals surface area contributed by atoms with Gasteiger partial charge in [0.05, 0.1) is 9.75 Å². The maximum absolute atomic E-state index is 13.4. The number of hydrogen-bond acceptors (Lipinski definition) is 7. The first kappa shape index (κ1) is 22.3. The Morgan fingerprint density at radius 1 is 1.10 bits per heavy atom. The van der Waals surface area contributed by atoms with Gasteiger partial charge in [-0.25, -0.2) is 9.59 Å². The lowest BCUT2D eigenvalue weighted by Crippen LogP contribution is -2.45. The molecule has 0 saturated heterocycles. The van der Waals surface area contributed by atoms with E-state index in [1.165, 1.54) is 22.7 Å². The molecule has 2 heterocycles. The molecule has 6 nitrogen and oxygen atoms in total. The number of amides is 1. The van der Waals surface area contributed by atoms with Crippen LogP contribution in [0.1, 0.15) is 49.8 Å². The average Bonchev–Trinajstić information content (AvgIpc) is 3.50. The van der Waals surface area contributed by atoms with Crippen molar-refractivity contribution in [3.8, 4) is 0 Å². The summed E-state index contributed by atoms with van der Waals surface area (Å²) in [6, 6.07) is 7.11. The minimum absolute atomic E-state index is 0.0389. The second kappa shape index (κ2) is 8.22. The third kappa shape index (κ3) is 4.13. The van der Waals surface area contributed by atoms with Gasteiger partial charge in [0, 0.05) is 19.0 Å². The molecule has 0 radical (unpaired) electrons. The van der Waals surface area contributed by atoms with E-state index in [0.29, 0.717) is 9.75 Å². The van der Waals surface area contributed by atoms with Crippen LogP contribution in [0.4, 0.5) is 4.79 Å². The number of fused-ring (bicyclic) bond motifs is 2. The lowest BCUT2D eigenvalue weighted by molar-refractivity contribution is -0.169. The number of esters is 1. The van der Waals surface area contributed by atoms with Crippen molar-refractivity contribution in [2.45, 2.75) is 63.4 Å². The van der Waals surface area contributed by atoms with Gasteiger partial charge >= 0.3 is 12.1 Å². The van der Waals surface area contributed by atoms with Gasteiger partial charge in [-0.2, -0.15) is 0 Å². The lowest BCUT2D eigenvalue weighted by atomic mass is 9.94. The second-order valence-corrected chi connectivity index (χ2v) is 11.3. The zero-order valence-electron chi connectivity index (χ0n) is 18.2. The van der Waals surface area contributed by atoms with Crippen molar-refractivity contribution >= 4 is 34.7 Å². The Hall–Kier alpha value is -1.90. The fraction of sp³-hybridized carbons (Fsp3) is 0.565. The normalized spacial score (nSPS) is 25.5. The Balaban J connectivity index is 1.52. The summed E-state index contributed by atoms with van der Waals surface area (Å²) in [5, 5.41) is 15.2. The van der Waals surface area contributed by atoms with Crippen molar-refractivity contribution < 1.29 is 24.2 Å². The molecule has 31 heavy (non-hydrogen) atoms. The van der Waals surface area contributed by atoms with E-state index in [2.05, 4.69) is 0 Å². The molecule has 168 valence electrons. The number of carbonyl (C=O) groups is 2. The predicted molar refractivity (Wildman–Crippen MR) is 120 cm³/mol. The number of nitrogens with zero attached hydrogens (tertiary/aromatic N) is 1. The molecule has 2 aliphatic rings. The molecule has 2 bridgehead atoms. The summed E-state index contributed by atoms with van der Waals surface area (Å²) in [5.74, 6) is -0.415. The molecule has 4 atom stereocenters. The van der Waals surface area contributed by atoms with Gasteiger partial charge < -0.3 is 19.5 Å². The van der Waals surface area contributed by atoms with Gasteiger partial charge in [-0.15, -0.1) is 22.7 Å². The topological polar surface area (TPSA) is 76.1 Å². The van der Waals surface area contributed by atoms with Crippen LogP contribution in [-0.2, 0) is 19.9 Å². The van der Waals surface area contributed by atoms with Crippen LogP contribution in [0.3, 0.4) is 0 Å². The first-order valence-corrected chi connectivity index (χ1v) is 12.3. The molecule has 4 rings (SSSR count). The van der Waals surface area contributed by atoms with Crippen molar-refractivity contribution in [3.63, 3.8) is 0 Å². The van der Waals surface area contributed by atoms with E-state index in [4.69, 9.17) is 9.47 Å². The highest BCUT2D eigenvalue weighted by molar-refractivity contribution is 7.12. The van der Waals surface area contributed by atoms with E-state index in [9.17, 15) is 14.7 Å². The smallest absolute Gasteiger partial charge is 0.410 e. The quantitative estimate of drug-likeness (QED) is 0.655. The number of rotatable bonds is 5. The summed E-state index contributed by atoms with van der Waals surface area (Å²) in [6.45, 7) is 5.54. The number of ether oxygens (including phenoxy) is 2. The van der Waals surface area contributed by atoms with Gasteiger partial charge in [-0.3, -0.25) is 0 Å². The first-order chi connectivity index (χ1) is 14.6. The van der Waals surface area contributed by atoms with Crippen molar-refractivity contribution in [1.82, 2.24) is 4.90 Å². The van der Waals surface area contributed by atoms with E-state index in [0.717, 1.165) is 19.3 Å². The highest BCUT2D eigenvalue weighted by atomic mass is 32.1. The third-order valence-electron chi connectivity index (χ3n) is 6.27. The Morgan fingerprint density at radius 2 is 1.71 bits per heavy atom. The van der Waals surface area contributed by atoms with E-state index < -0.39 is 17.2 Å². The van der Waals surface area contributed by atoms with E-state index in [-0.39, 0.29) is 30.1 Å². The molecular weight excluding hydrogens is 434 g/mol. The van der Waals surface area contributed by atoms with Crippen LogP contribution >= 0.6 is 22.7 Å². The number of hydrogen-bond donors (Lipinski definition) is 1. The Kier molecular flexibility index (Phi) is 5.91. The van der Waals surface area contributed by atoms with Crippen LogP contribution < -0.4 is 0 Å². The lowest BCUT2D eigenvalue weighted by Gasteiger charge is -2.33. The van der Waals surface area contributed by atoms with E-state index >= 15 is 0 Å². The molecule has 2 fully saturated rings. The summed E-state index contributed by atoms with van der Waals surface area (Å²) in [4.78, 5) is 28.7. The molecule has 2 aromatic heterocycles. The SMILES string of the molecule is CN(C(=O)OC(C)(C)C)C1CC2CCC1C2OC(=O)C(O)(c1cccs1)c1cccs1. The number of carbonyl (C=O) groups excluding carboxylic acids is 2. The monoisotopic (exact) mass is 463 g/mol. The van der Waals surface area contributed by atoms with E-state index in [1.807, 2.05) is 43.7 Å². The predicted octanol–water partition coefficient (Wildman–Crippen LogP) is 4.62. The van der Waals surface area contributed by atoms with Gasteiger partial charge in [-0.05, 0) is 68.8 Å². The minimum Gasteiger partial charge on any atom is -0.459 e. The fourth-order valence-electron chi connectivity index (χ4n) is 4.83. The van der Waals surface area contributed by atoms with Crippen LogP contribution in [0.2, 0.25) is 0 Å². The summed E-state index contributed by atoms with van der Waals surface area (Å²) < 4.78 is 11.5. The van der Waals surface area contributed by atoms with Crippen LogP contribution in [0.15, 0.2) is 35.0 Å².